The highest BCUT2D eigenvalue weighted by Gasteiger charge is 2.52. The number of benzene rings is 1. The highest BCUT2D eigenvalue weighted by Crippen LogP contribution is 2.50. The molecule has 0 bridgehead atoms. The lowest BCUT2D eigenvalue weighted by Gasteiger charge is -2.44. The van der Waals surface area contributed by atoms with Crippen molar-refractivity contribution in [3.05, 3.63) is 27.7 Å². The molecule has 3 heterocycles. The number of hydrogen-bond donors (Lipinski definition) is 0. The SMILES string of the molecule is CC(C)[C@H]1CC[C@H](N2CCC3(CC2)C(=O)N(CCN2CCOCC2)c2cc(Cl)c(Cl)cc23)CC1. The Morgan fingerprint density at radius 2 is 1.62 bits per heavy atom. The first-order valence-electron chi connectivity index (χ1n) is 13.2. The molecule has 188 valence electrons. The highest BCUT2D eigenvalue weighted by molar-refractivity contribution is 6.42. The number of ether oxygens (including phenoxy) is 1. The van der Waals surface area contributed by atoms with Gasteiger partial charge in [-0.3, -0.25) is 9.69 Å². The minimum Gasteiger partial charge on any atom is -0.379 e. The van der Waals surface area contributed by atoms with E-state index in [0.717, 1.165) is 81.9 Å². The average Bonchev–Trinajstić information content (AvgIpc) is 3.06. The zero-order valence-corrected chi connectivity index (χ0v) is 22.2. The van der Waals surface area contributed by atoms with Crippen LogP contribution in [0.15, 0.2) is 12.1 Å². The zero-order valence-electron chi connectivity index (χ0n) is 20.7. The van der Waals surface area contributed by atoms with E-state index in [0.29, 0.717) is 22.6 Å². The van der Waals surface area contributed by atoms with E-state index in [1.54, 1.807) is 0 Å². The van der Waals surface area contributed by atoms with E-state index in [9.17, 15) is 4.79 Å². The summed E-state index contributed by atoms with van der Waals surface area (Å²) in [5.41, 5.74) is 1.61. The molecule has 2 saturated heterocycles. The molecule has 0 atom stereocenters. The smallest absolute Gasteiger partial charge is 0.237 e. The van der Waals surface area contributed by atoms with Gasteiger partial charge in [-0.1, -0.05) is 37.0 Å². The number of piperidine rings is 1. The Balaban J connectivity index is 1.31. The summed E-state index contributed by atoms with van der Waals surface area (Å²) in [6.45, 7) is 11.6. The maximum Gasteiger partial charge on any atom is 0.237 e. The van der Waals surface area contributed by atoms with Gasteiger partial charge in [-0.05, 0) is 81.1 Å². The summed E-state index contributed by atoms with van der Waals surface area (Å²) in [4.78, 5) is 21.1. The summed E-state index contributed by atoms with van der Waals surface area (Å²) in [6.07, 6.45) is 7.02. The van der Waals surface area contributed by atoms with Crippen molar-refractivity contribution < 1.29 is 9.53 Å². The number of amides is 1. The van der Waals surface area contributed by atoms with Gasteiger partial charge in [0.15, 0.2) is 0 Å². The number of morpholine rings is 1. The Labute approximate surface area is 214 Å². The molecule has 1 amide bonds. The lowest BCUT2D eigenvalue weighted by Crippen LogP contribution is -2.52. The minimum absolute atomic E-state index is 0.247. The van der Waals surface area contributed by atoms with Crippen LogP contribution in [-0.2, 0) is 14.9 Å². The van der Waals surface area contributed by atoms with Crippen molar-refractivity contribution in [3.63, 3.8) is 0 Å². The minimum atomic E-state index is -0.458. The molecule has 1 aliphatic carbocycles. The molecule has 3 aliphatic heterocycles. The summed E-state index contributed by atoms with van der Waals surface area (Å²) in [7, 11) is 0. The van der Waals surface area contributed by atoms with Gasteiger partial charge in [0.05, 0.1) is 28.7 Å². The van der Waals surface area contributed by atoms with E-state index >= 15 is 0 Å². The molecule has 1 aromatic rings. The van der Waals surface area contributed by atoms with E-state index in [2.05, 4.69) is 23.6 Å². The molecule has 0 radical (unpaired) electrons. The topological polar surface area (TPSA) is 36.0 Å². The van der Waals surface area contributed by atoms with E-state index in [4.69, 9.17) is 27.9 Å². The molecule has 34 heavy (non-hydrogen) atoms. The third kappa shape index (κ3) is 4.64. The molecular weight excluding hydrogens is 469 g/mol. The Hall–Kier alpha value is -0.850. The van der Waals surface area contributed by atoms with Crippen LogP contribution in [0.3, 0.4) is 0 Å². The fraction of sp³-hybridized carbons (Fsp3) is 0.741. The van der Waals surface area contributed by atoms with E-state index < -0.39 is 5.41 Å². The van der Waals surface area contributed by atoms with Crippen molar-refractivity contribution >= 4 is 34.8 Å². The average molecular weight is 509 g/mol. The Bertz CT molecular complexity index is 886. The molecule has 5 nitrogen and oxygen atoms in total. The molecule has 5 rings (SSSR count). The second kappa shape index (κ2) is 10.3. The van der Waals surface area contributed by atoms with Crippen molar-refractivity contribution in [3.8, 4) is 0 Å². The van der Waals surface area contributed by atoms with Crippen LogP contribution >= 0.6 is 23.2 Å². The van der Waals surface area contributed by atoms with E-state index in [-0.39, 0.29) is 5.91 Å². The quantitative estimate of drug-likeness (QED) is 0.547. The predicted octanol–water partition coefficient (Wildman–Crippen LogP) is 5.22. The normalized spacial score (nSPS) is 28.1. The molecule has 0 N–H and O–H groups in total. The molecule has 1 spiro atoms. The molecule has 3 fully saturated rings. The van der Waals surface area contributed by atoms with Crippen LogP contribution in [0, 0.1) is 11.8 Å². The molecule has 1 saturated carbocycles. The monoisotopic (exact) mass is 507 g/mol. The summed E-state index contributed by atoms with van der Waals surface area (Å²) >= 11 is 12.9. The van der Waals surface area contributed by atoms with Gasteiger partial charge in [-0.15, -0.1) is 0 Å². The van der Waals surface area contributed by atoms with Gasteiger partial charge in [-0.25, -0.2) is 0 Å². The number of carbonyl (C=O) groups is 1. The fourth-order valence-electron chi connectivity index (χ4n) is 6.80. The van der Waals surface area contributed by atoms with Crippen LogP contribution in [-0.4, -0.2) is 74.2 Å². The molecule has 4 aliphatic rings. The van der Waals surface area contributed by atoms with Crippen LogP contribution < -0.4 is 4.90 Å². The number of carbonyl (C=O) groups excluding carboxylic acids is 1. The summed E-state index contributed by atoms with van der Waals surface area (Å²) in [5, 5.41) is 1.08. The molecule has 0 unspecified atom stereocenters. The summed E-state index contributed by atoms with van der Waals surface area (Å²) in [6, 6.07) is 4.58. The van der Waals surface area contributed by atoms with Gasteiger partial charge in [0.1, 0.15) is 0 Å². The first kappa shape index (κ1) is 24.8. The van der Waals surface area contributed by atoms with Crippen molar-refractivity contribution in [2.24, 2.45) is 11.8 Å². The lowest BCUT2D eigenvalue weighted by atomic mass is 9.72. The van der Waals surface area contributed by atoms with Crippen LogP contribution in [0.25, 0.3) is 0 Å². The van der Waals surface area contributed by atoms with Crippen LogP contribution in [0.4, 0.5) is 5.69 Å². The van der Waals surface area contributed by atoms with Crippen molar-refractivity contribution in [2.75, 3.05) is 57.4 Å². The number of rotatable bonds is 5. The predicted molar refractivity (Wildman–Crippen MR) is 139 cm³/mol. The number of anilines is 1. The lowest BCUT2D eigenvalue weighted by molar-refractivity contribution is -0.125. The van der Waals surface area contributed by atoms with E-state index in [1.165, 1.54) is 25.7 Å². The van der Waals surface area contributed by atoms with Crippen molar-refractivity contribution in [2.45, 2.75) is 63.8 Å². The number of halogens is 2. The second-order valence-corrected chi connectivity index (χ2v) is 11.9. The van der Waals surface area contributed by atoms with Gasteiger partial charge < -0.3 is 14.5 Å². The molecule has 1 aromatic carbocycles. The van der Waals surface area contributed by atoms with Crippen LogP contribution in [0.5, 0.6) is 0 Å². The number of fused-ring (bicyclic) bond motifs is 2. The summed E-state index contributed by atoms with van der Waals surface area (Å²) in [5.74, 6) is 1.91. The van der Waals surface area contributed by atoms with Gasteiger partial charge >= 0.3 is 0 Å². The Kier molecular flexibility index (Phi) is 7.49. The van der Waals surface area contributed by atoms with Crippen molar-refractivity contribution in [1.82, 2.24) is 9.80 Å². The Morgan fingerprint density at radius 3 is 2.26 bits per heavy atom. The molecular formula is C27H39Cl2N3O2. The first-order chi connectivity index (χ1) is 16.4. The van der Waals surface area contributed by atoms with Gasteiger partial charge in [0.25, 0.3) is 0 Å². The van der Waals surface area contributed by atoms with Crippen LogP contribution in [0.1, 0.15) is 57.9 Å². The Morgan fingerprint density at radius 1 is 0.971 bits per heavy atom. The standard InChI is InChI=1S/C27H39Cl2N3O2/c1-19(2)20-3-5-21(6-4-20)31-9-7-27(8-10-31)22-17-23(28)24(29)18-25(22)32(26(27)33)12-11-30-13-15-34-16-14-30/h17-21H,3-16H2,1-2H3/t20-,21-. The van der Waals surface area contributed by atoms with E-state index in [1.807, 2.05) is 17.0 Å². The fourth-order valence-corrected chi connectivity index (χ4v) is 7.12. The second-order valence-electron chi connectivity index (χ2n) is 11.1. The number of likely N-dealkylation sites (tertiary alicyclic amines) is 1. The first-order valence-corrected chi connectivity index (χ1v) is 14.0. The third-order valence-corrected chi connectivity index (χ3v) is 9.82. The molecule has 0 aromatic heterocycles. The number of hydrogen-bond acceptors (Lipinski definition) is 4. The maximum absolute atomic E-state index is 14.0. The maximum atomic E-state index is 14.0. The van der Waals surface area contributed by atoms with Gasteiger partial charge in [0.2, 0.25) is 5.91 Å². The van der Waals surface area contributed by atoms with Gasteiger partial charge in [-0.2, -0.15) is 0 Å². The van der Waals surface area contributed by atoms with Crippen molar-refractivity contribution in [1.29, 1.82) is 0 Å². The molecule has 7 heteroatoms. The number of nitrogens with zero attached hydrogens (tertiary/aromatic N) is 3. The van der Waals surface area contributed by atoms with Gasteiger partial charge in [0, 0.05) is 37.9 Å². The highest BCUT2D eigenvalue weighted by atomic mass is 35.5. The largest absolute Gasteiger partial charge is 0.379 e. The summed E-state index contributed by atoms with van der Waals surface area (Å²) < 4.78 is 5.49. The zero-order chi connectivity index (χ0) is 23.9. The third-order valence-electron chi connectivity index (χ3n) is 9.10. The van der Waals surface area contributed by atoms with Crippen LogP contribution in [0.2, 0.25) is 10.0 Å².